The Morgan fingerprint density at radius 2 is 2.17 bits per heavy atom. The standard InChI is InChI=1S/C16H16N4O2S/c21-13(17-9-5-6-9)8-7-12-15(22)19-14-10-3-1-2-4-11(10)18-16(23)20(12)14/h1-4,9,12H,5-8H2,(H,17,21)(H,19,22). The van der Waals surface area contributed by atoms with Crippen LogP contribution < -0.4 is 10.6 Å². The Morgan fingerprint density at radius 3 is 2.96 bits per heavy atom. The van der Waals surface area contributed by atoms with E-state index in [0.717, 1.165) is 23.7 Å². The molecule has 2 aromatic rings. The molecule has 0 radical (unpaired) electrons. The number of para-hydroxylation sites is 1. The van der Waals surface area contributed by atoms with Crippen LogP contribution in [0.1, 0.15) is 31.7 Å². The van der Waals surface area contributed by atoms with Crippen molar-refractivity contribution in [3.05, 3.63) is 29.0 Å². The third kappa shape index (κ3) is 2.61. The van der Waals surface area contributed by atoms with Gasteiger partial charge in [0.1, 0.15) is 11.9 Å². The average Bonchev–Trinajstić information content (AvgIpc) is 3.26. The number of benzene rings is 1. The van der Waals surface area contributed by atoms with E-state index in [1.807, 2.05) is 24.3 Å². The number of anilines is 1. The van der Waals surface area contributed by atoms with Gasteiger partial charge in [-0.25, -0.2) is 4.98 Å². The fourth-order valence-corrected chi connectivity index (χ4v) is 3.26. The first-order chi connectivity index (χ1) is 11.1. The van der Waals surface area contributed by atoms with Crippen molar-refractivity contribution in [2.24, 2.45) is 0 Å². The molecule has 1 aromatic carbocycles. The van der Waals surface area contributed by atoms with Crippen molar-refractivity contribution in [2.45, 2.75) is 37.8 Å². The van der Waals surface area contributed by atoms with Crippen molar-refractivity contribution in [2.75, 3.05) is 5.32 Å². The van der Waals surface area contributed by atoms with Gasteiger partial charge in [-0.05, 0) is 43.6 Å². The monoisotopic (exact) mass is 328 g/mol. The van der Waals surface area contributed by atoms with Crippen molar-refractivity contribution in [1.82, 2.24) is 14.9 Å². The summed E-state index contributed by atoms with van der Waals surface area (Å²) < 4.78 is 2.11. The Morgan fingerprint density at radius 1 is 1.39 bits per heavy atom. The molecule has 2 N–H and O–H groups in total. The number of amides is 2. The fourth-order valence-electron chi connectivity index (χ4n) is 2.94. The van der Waals surface area contributed by atoms with E-state index in [1.165, 1.54) is 0 Å². The molecule has 0 saturated heterocycles. The number of carbonyl (C=O) groups is 2. The number of rotatable bonds is 4. The molecule has 2 aliphatic rings. The van der Waals surface area contributed by atoms with Gasteiger partial charge < -0.3 is 10.6 Å². The van der Waals surface area contributed by atoms with Gasteiger partial charge in [0.2, 0.25) is 16.6 Å². The minimum absolute atomic E-state index is 0.00554. The summed E-state index contributed by atoms with van der Waals surface area (Å²) in [6, 6.07) is 7.42. The average molecular weight is 328 g/mol. The first-order valence-corrected chi connectivity index (χ1v) is 8.16. The summed E-state index contributed by atoms with van der Waals surface area (Å²) in [5, 5.41) is 6.69. The van der Waals surface area contributed by atoms with E-state index in [0.29, 0.717) is 29.5 Å². The van der Waals surface area contributed by atoms with Gasteiger partial charge in [0.05, 0.1) is 5.52 Å². The van der Waals surface area contributed by atoms with Gasteiger partial charge in [-0.2, -0.15) is 0 Å². The van der Waals surface area contributed by atoms with E-state index in [4.69, 9.17) is 12.2 Å². The van der Waals surface area contributed by atoms with Crippen molar-refractivity contribution >= 4 is 40.8 Å². The zero-order valence-electron chi connectivity index (χ0n) is 12.4. The second kappa shape index (κ2) is 5.42. The molecule has 1 aliphatic carbocycles. The molecular weight excluding hydrogens is 312 g/mol. The lowest BCUT2D eigenvalue weighted by molar-refractivity contribution is -0.122. The highest BCUT2D eigenvalue weighted by molar-refractivity contribution is 7.71. The molecular formula is C16H16N4O2S. The largest absolute Gasteiger partial charge is 0.353 e. The number of hydrogen-bond acceptors (Lipinski definition) is 4. The van der Waals surface area contributed by atoms with Crippen LogP contribution in [0.25, 0.3) is 10.9 Å². The number of nitrogens with one attached hydrogen (secondary N) is 2. The van der Waals surface area contributed by atoms with Crippen LogP contribution in [-0.4, -0.2) is 27.4 Å². The van der Waals surface area contributed by atoms with E-state index in [-0.39, 0.29) is 11.8 Å². The smallest absolute Gasteiger partial charge is 0.248 e. The molecule has 1 aromatic heterocycles. The topological polar surface area (TPSA) is 76.0 Å². The lowest BCUT2D eigenvalue weighted by atomic mass is 10.1. The predicted octanol–water partition coefficient (Wildman–Crippen LogP) is 2.32. The lowest BCUT2D eigenvalue weighted by Gasteiger charge is -2.13. The number of carbonyl (C=O) groups excluding carboxylic acids is 2. The molecule has 1 aliphatic heterocycles. The predicted molar refractivity (Wildman–Crippen MR) is 88.6 cm³/mol. The maximum Gasteiger partial charge on any atom is 0.248 e. The van der Waals surface area contributed by atoms with Crippen LogP contribution in [-0.2, 0) is 9.59 Å². The molecule has 1 fully saturated rings. The molecule has 7 heteroatoms. The van der Waals surface area contributed by atoms with E-state index in [9.17, 15) is 9.59 Å². The third-order valence-electron chi connectivity index (χ3n) is 4.27. The molecule has 2 heterocycles. The molecule has 0 bridgehead atoms. The van der Waals surface area contributed by atoms with Crippen LogP contribution in [0.4, 0.5) is 5.82 Å². The molecule has 1 atom stereocenters. The quantitative estimate of drug-likeness (QED) is 0.845. The van der Waals surface area contributed by atoms with Crippen molar-refractivity contribution in [3.8, 4) is 0 Å². The maximum absolute atomic E-state index is 12.3. The maximum atomic E-state index is 12.3. The summed E-state index contributed by atoms with van der Waals surface area (Å²) >= 11 is 5.36. The highest BCUT2D eigenvalue weighted by Gasteiger charge is 2.32. The molecule has 0 spiro atoms. The van der Waals surface area contributed by atoms with Crippen LogP contribution in [0.2, 0.25) is 0 Å². The fraction of sp³-hybridized carbons (Fsp3) is 0.375. The van der Waals surface area contributed by atoms with Crippen LogP contribution >= 0.6 is 12.2 Å². The summed E-state index contributed by atoms with van der Waals surface area (Å²) in [6.07, 6.45) is 2.84. The van der Waals surface area contributed by atoms with Crippen molar-refractivity contribution in [3.63, 3.8) is 0 Å². The van der Waals surface area contributed by atoms with Crippen molar-refractivity contribution < 1.29 is 9.59 Å². The minimum Gasteiger partial charge on any atom is -0.353 e. The van der Waals surface area contributed by atoms with Gasteiger partial charge in [0.15, 0.2) is 0 Å². The number of hydrogen-bond donors (Lipinski definition) is 2. The number of fused-ring (bicyclic) bond motifs is 3. The van der Waals surface area contributed by atoms with Gasteiger partial charge in [0.25, 0.3) is 0 Å². The summed E-state index contributed by atoms with van der Waals surface area (Å²) in [6.45, 7) is 0. The van der Waals surface area contributed by atoms with Gasteiger partial charge in [-0.3, -0.25) is 14.2 Å². The first kappa shape index (κ1) is 14.3. The summed E-state index contributed by atoms with van der Waals surface area (Å²) in [5.41, 5.74) is 0.760. The second-order valence-corrected chi connectivity index (χ2v) is 6.38. The third-order valence-corrected chi connectivity index (χ3v) is 4.55. The minimum atomic E-state index is -0.473. The zero-order valence-corrected chi connectivity index (χ0v) is 13.2. The molecule has 23 heavy (non-hydrogen) atoms. The van der Waals surface area contributed by atoms with Gasteiger partial charge in [0, 0.05) is 17.8 Å². The van der Waals surface area contributed by atoms with Crippen LogP contribution in [0.3, 0.4) is 0 Å². The SMILES string of the molecule is O=C(CCC1C(=O)Nc2c3ccccc3nc(=S)n21)NC1CC1. The highest BCUT2D eigenvalue weighted by atomic mass is 32.1. The van der Waals surface area contributed by atoms with E-state index >= 15 is 0 Å². The number of nitrogens with zero attached hydrogens (tertiary/aromatic N) is 2. The van der Waals surface area contributed by atoms with Gasteiger partial charge in [-0.15, -0.1) is 0 Å². The highest BCUT2D eigenvalue weighted by Crippen LogP contribution is 2.33. The molecule has 4 rings (SSSR count). The molecule has 118 valence electrons. The number of aromatic nitrogens is 2. The van der Waals surface area contributed by atoms with Crippen LogP contribution in [0.15, 0.2) is 24.3 Å². The second-order valence-electron chi connectivity index (χ2n) is 6.02. The summed E-state index contributed by atoms with van der Waals surface area (Å²) in [5.74, 6) is 0.542. The van der Waals surface area contributed by atoms with E-state index in [1.54, 1.807) is 4.57 Å². The molecule has 1 unspecified atom stereocenters. The normalized spacial score (nSPS) is 19.5. The Hall–Kier alpha value is -2.28. The van der Waals surface area contributed by atoms with Gasteiger partial charge >= 0.3 is 0 Å². The Balaban J connectivity index is 1.63. The summed E-state index contributed by atoms with van der Waals surface area (Å²) in [7, 11) is 0. The van der Waals surface area contributed by atoms with E-state index in [2.05, 4.69) is 15.6 Å². The van der Waals surface area contributed by atoms with Crippen LogP contribution in [0.5, 0.6) is 0 Å². The van der Waals surface area contributed by atoms with Crippen molar-refractivity contribution in [1.29, 1.82) is 0 Å². The Labute approximate surface area is 137 Å². The molecule has 6 nitrogen and oxygen atoms in total. The Kier molecular flexibility index (Phi) is 3.37. The van der Waals surface area contributed by atoms with E-state index < -0.39 is 6.04 Å². The van der Waals surface area contributed by atoms with Gasteiger partial charge in [-0.1, -0.05) is 12.1 Å². The molecule has 1 saturated carbocycles. The van der Waals surface area contributed by atoms with Crippen LogP contribution in [0, 0.1) is 4.77 Å². The first-order valence-electron chi connectivity index (χ1n) is 7.75. The Bertz CT molecular complexity index is 872. The zero-order chi connectivity index (χ0) is 16.0. The summed E-state index contributed by atoms with van der Waals surface area (Å²) in [4.78, 5) is 28.6. The molecule has 2 amide bonds. The lowest BCUT2D eigenvalue weighted by Crippen LogP contribution is -2.26.